The van der Waals surface area contributed by atoms with Gasteiger partial charge in [-0.2, -0.15) is 18.7 Å². The maximum atomic E-state index is 13.6. The molecule has 7 nitrogen and oxygen atoms in total. The van der Waals surface area contributed by atoms with Gasteiger partial charge in [0.15, 0.2) is 10.9 Å². The van der Waals surface area contributed by atoms with Crippen molar-refractivity contribution in [1.82, 2.24) is 20.8 Å². The highest BCUT2D eigenvalue weighted by molar-refractivity contribution is 7.99. The molecule has 0 radical (unpaired) electrons. The number of hydroxylamine groups is 1. The third-order valence-electron chi connectivity index (χ3n) is 7.42. The molecule has 5 rings (SSSR count). The first-order valence-corrected chi connectivity index (χ1v) is 14.8. The van der Waals surface area contributed by atoms with Crippen LogP contribution in [0.5, 0.6) is 5.75 Å². The molecule has 1 unspecified atom stereocenters. The lowest BCUT2D eigenvalue weighted by Crippen LogP contribution is -2.47. The molecule has 0 aliphatic heterocycles. The van der Waals surface area contributed by atoms with Crippen LogP contribution in [0.1, 0.15) is 60.1 Å². The number of imidazole rings is 1. The number of carbonyl (C=O) groups is 2. The van der Waals surface area contributed by atoms with Gasteiger partial charge in [0.05, 0.1) is 11.6 Å². The molecular weight excluding hydrogens is 565 g/mol. The summed E-state index contributed by atoms with van der Waals surface area (Å²) in [5.41, 5.74) is 5.11. The van der Waals surface area contributed by atoms with Crippen molar-refractivity contribution in [2.45, 2.75) is 55.3 Å². The number of unbranched alkanes of at least 4 members (excludes halogenated alkanes) is 2. The highest BCUT2D eigenvalue weighted by Gasteiger charge is 2.50. The minimum Gasteiger partial charge on any atom is -0.379 e. The Balaban J connectivity index is 1.17. The molecule has 1 atom stereocenters. The molecule has 0 spiro atoms. The Morgan fingerprint density at radius 3 is 2.64 bits per heavy atom. The number of benzene rings is 2. The van der Waals surface area contributed by atoms with Crippen LogP contribution in [-0.2, 0) is 10.2 Å². The number of nitrogens with zero attached hydrogens (tertiary/aromatic N) is 1. The number of hydrogen-bond donors (Lipinski definition) is 3. The van der Waals surface area contributed by atoms with E-state index in [2.05, 4.69) is 20.8 Å². The summed E-state index contributed by atoms with van der Waals surface area (Å²) in [6, 6.07) is 16.5. The van der Waals surface area contributed by atoms with Gasteiger partial charge in [0.1, 0.15) is 12.2 Å². The second kappa shape index (κ2) is 12.9. The normalized spacial score (nSPS) is 17.5. The minimum absolute atomic E-state index is 0.268. The van der Waals surface area contributed by atoms with Crippen molar-refractivity contribution in [3.05, 3.63) is 95.3 Å². The van der Waals surface area contributed by atoms with Crippen molar-refractivity contribution >= 4 is 29.1 Å². The fourth-order valence-corrected chi connectivity index (χ4v) is 6.40. The number of aromatic nitrogens is 2. The van der Waals surface area contributed by atoms with E-state index in [1.807, 2.05) is 42.5 Å². The SMILES string of the molecule is O=C(NOc1ccccc1)c1cnc(SCCCCCC2(C(=O)NCC(F)(F)F)C3=C(CCC=C3)c3ccccc32)[nH]1. The molecule has 1 aromatic heterocycles. The molecule has 0 saturated heterocycles. The van der Waals surface area contributed by atoms with Gasteiger partial charge in [-0.15, -0.1) is 0 Å². The van der Waals surface area contributed by atoms with Gasteiger partial charge in [-0.1, -0.05) is 79.2 Å². The van der Waals surface area contributed by atoms with Crippen LogP contribution in [0.2, 0.25) is 0 Å². The average Bonchev–Trinajstić information content (AvgIpc) is 3.58. The van der Waals surface area contributed by atoms with Crippen LogP contribution < -0.4 is 15.6 Å². The van der Waals surface area contributed by atoms with Gasteiger partial charge in [-0.05, 0) is 60.1 Å². The molecule has 2 aliphatic rings. The van der Waals surface area contributed by atoms with Gasteiger partial charge in [0, 0.05) is 5.75 Å². The van der Waals surface area contributed by atoms with Gasteiger partial charge in [-0.25, -0.2) is 4.98 Å². The van der Waals surface area contributed by atoms with E-state index in [0.717, 1.165) is 48.0 Å². The van der Waals surface area contributed by atoms with Crippen LogP contribution >= 0.6 is 11.8 Å². The molecule has 0 saturated carbocycles. The van der Waals surface area contributed by atoms with Gasteiger partial charge in [0.2, 0.25) is 5.91 Å². The molecular formula is C31H31F3N4O3S. The number of carbonyl (C=O) groups excluding carboxylic acids is 2. The van der Waals surface area contributed by atoms with E-state index in [1.165, 1.54) is 18.0 Å². The Hall–Kier alpha value is -3.99. The van der Waals surface area contributed by atoms with Crippen LogP contribution in [0.3, 0.4) is 0 Å². The number of alkyl halides is 3. The molecule has 2 aromatic carbocycles. The zero-order valence-corrected chi connectivity index (χ0v) is 23.6. The third-order valence-corrected chi connectivity index (χ3v) is 8.39. The predicted molar refractivity (Wildman–Crippen MR) is 155 cm³/mol. The number of thioether (sulfide) groups is 1. The average molecular weight is 597 g/mol. The van der Waals surface area contributed by atoms with Crippen molar-refractivity contribution in [3.8, 4) is 5.75 Å². The molecule has 0 fully saturated rings. The summed E-state index contributed by atoms with van der Waals surface area (Å²) in [6.07, 6.45) is 5.10. The largest absolute Gasteiger partial charge is 0.405 e. The second-order valence-electron chi connectivity index (χ2n) is 10.2. The first-order chi connectivity index (χ1) is 20.3. The lowest BCUT2D eigenvalue weighted by molar-refractivity contribution is -0.141. The number of halogens is 3. The number of H-pyrrole nitrogens is 1. The highest BCUT2D eigenvalue weighted by Crippen LogP contribution is 2.52. The van der Waals surface area contributed by atoms with Crippen LogP contribution in [-0.4, -0.2) is 40.3 Å². The molecule has 2 amide bonds. The smallest absolute Gasteiger partial charge is 0.379 e. The number of allylic oxidation sites excluding steroid dienone is 3. The van der Waals surface area contributed by atoms with Crippen LogP contribution in [0.25, 0.3) is 5.57 Å². The third kappa shape index (κ3) is 6.56. The van der Waals surface area contributed by atoms with Crippen LogP contribution in [0, 0.1) is 0 Å². The molecule has 3 aromatic rings. The Morgan fingerprint density at radius 2 is 1.83 bits per heavy atom. The van der Waals surface area contributed by atoms with E-state index in [-0.39, 0.29) is 5.69 Å². The van der Waals surface area contributed by atoms with E-state index in [0.29, 0.717) is 29.5 Å². The molecule has 220 valence electrons. The van der Waals surface area contributed by atoms with Gasteiger partial charge < -0.3 is 15.1 Å². The number of nitrogens with one attached hydrogen (secondary N) is 3. The van der Waals surface area contributed by atoms with Gasteiger partial charge in [0.25, 0.3) is 0 Å². The van der Waals surface area contributed by atoms with E-state index < -0.39 is 30.0 Å². The molecule has 42 heavy (non-hydrogen) atoms. The fraction of sp³-hybridized carbons (Fsp3) is 0.323. The first kappa shape index (κ1) is 29.5. The van der Waals surface area contributed by atoms with Crippen molar-refractivity contribution in [2.75, 3.05) is 12.3 Å². The summed E-state index contributed by atoms with van der Waals surface area (Å²) >= 11 is 1.47. The number of para-hydroxylation sites is 1. The predicted octanol–water partition coefficient (Wildman–Crippen LogP) is 6.52. The van der Waals surface area contributed by atoms with Crippen molar-refractivity contribution in [2.24, 2.45) is 0 Å². The molecule has 0 bridgehead atoms. The standard InChI is InChI=1S/C31H31F3N4O3S/c32-31(33,34)20-36-28(40)30(24-15-7-5-13-22(24)23-14-6-8-16-25(23)30)17-9-2-10-18-42-29-35-19-26(37-29)27(39)38-41-21-11-3-1-4-12-21/h1,3-5,7-8,11-13,15-16,19H,2,6,9-10,14,17-18,20H2,(H,35,37)(H,36,40)(H,38,39). The number of aromatic amines is 1. The quantitative estimate of drug-likeness (QED) is 0.126. The summed E-state index contributed by atoms with van der Waals surface area (Å²) in [5.74, 6) is 0.172. The lowest BCUT2D eigenvalue weighted by Gasteiger charge is -2.32. The van der Waals surface area contributed by atoms with E-state index in [1.54, 1.807) is 24.3 Å². The Morgan fingerprint density at radius 1 is 1.05 bits per heavy atom. The highest BCUT2D eigenvalue weighted by atomic mass is 32.2. The van der Waals surface area contributed by atoms with Crippen molar-refractivity contribution in [1.29, 1.82) is 0 Å². The second-order valence-corrected chi connectivity index (χ2v) is 11.3. The maximum Gasteiger partial charge on any atom is 0.405 e. The molecule has 1 heterocycles. The van der Waals surface area contributed by atoms with Crippen LogP contribution in [0.15, 0.2) is 83.7 Å². The van der Waals surface area contributed by atoms with Crippen molar-refractivity contribution < 1.29 is 27.6 Å². The summed E-state index contributed by atoms with van der Waals surface area (Å²) in [7, 11) is 0. The number of amides is 2. The Bertz CT molecular complexity index is 1490. The Labute approximate surface area is 246 Å². The summed E-state index contributed by atoms with van der Waals surface area (Å²) in [5, 5.41) is 2.78. The summed E-state index contributed by atoms with van der Waals surface area (Å²) in [4.78, 5) is 38.4. The van der Waals surface area contributed by atoms with E-state index >= 15 is 0 Å². The Kier molecular flexibility index (Phi) is 9.06. The molecule has 11 heteroatoms. The maximum absolute atomic E-state index is 13.6. The lowest BCUT2D eigenvalue weighted by atomic mass is 9.71. The zero-order valence-electron chi connectivity index (χ0n) is 22.8. The van der Waals surface area contributed by atoms with E-state index in [9.17, 15) is 22.8 Å². The van der Waals surface area contributed by atoms with E-state index in [4.69, 9.17) is 4.84 Å². The van der Waals surface area contributed by atoms with Gasteiger partial charge >= 0.3 is 12.1 Å². The molecule has 3 N–H and O–H groups in total. The summed E-state index contributed by atoms with van der Waals surface area (Å²) < 4.78 is 39.2. The first-order valence-electron chi connectivity index (χ1n) is 13.8. The monoisotopic (exact) mass is 596 g/mol. The van der Waals surface area contributed by atoms with Crippen LogP contribution in [0.4, 0.5) is 13.2 Å². The number of rotatable bonds is 12. The number of fused-ring (bicyclic) bond motifs is 2. The minimum atomic E-state index is -4.49. The fourth-order valence-electron chi connectivity index (χ4n) is 5.54. The molecule has 2 aliphatic carbocycles. The van der Waals surface area contributed by atoms with Gasteiger partial charge in [-0.3, -0.25) is 9.59 Å². The van der Waals surface area contributed by atoms with Crippen molar-refractivity contribution in [3.63, 3.8) is 0 Å². The summed E-state index contributed by atoms with van der Waals surface area (Å²) in [6.45, 7) is -1.36. The topological polar surface area (TPSA) is 96.1 Å². The zero-order chi connectivity index (χ0) is 29.6. The number of hydrogen-bond acceptors (Lipinski definition) is 5.